The van der Waals surface area contributed by atoms with Gasteiger partial charge in [-0.15, -0.1) is 0 Å². The molecule has 0 saturated heterocycles. The molecular weight excluding hydrogens is 326 g/mol. The van der Waals surface area contributed by atoms with E-state index in [0.29, 0.717) is 11.7 Å². The molecule has 1 fully saturated rings. The van der Waals surface area contributed by atoms with E-state index in [-0.39, 0.29) is 23.7 Å². The predicted octanol–water partition coefficient (Wildman–Crippen LogP) is 3.93. The molecule has 0 aromatic carbocycles. The molecule has 0 spiro atoms. The lowest BCUT2D eigenvalue weighted by molar-refractivity contribution is -0.131. The van der Waals surface area contributed by atoms with Crippen molar-refractivity contribution >= 4 is 17.6 Å². The van der Waals surface area contributed by atoms with Gasteiger partial charge in [0.1, 0.15) is 11.9 Å². The minimum absolute atomic E-state index is 0.00997. The maximum Gasteiger partial charge on any atom is 0.248 e. The largest absolute Gasteiger partial charge is 0.344 e. The van der Waals surface area contributed by atoms with Crippen molar-refractivity contribution in [2.24, 2.45) is 23.7 Å². The minimum Gasteiger partial charge on any atom is -0.344 e. The summed E-state index contributed by atoms with van der Waals surface area (Å²) in [4.78, 5) is 29.7. The molecule has 0 bridgehead atoms. The average molecular weight is 360 g/mol. The molecule has 26 heavy (non-hydrogen) atoms. The number of pyridine rings is 1. The van der Waals surface area contributed by atoms with Crippen LogP contribution in [0.3, 0.4) is 0 Å². The third-order valence-corrected chi connectivity index (χ3v) is 5.47. The highest BCUT2D eigenvalue weighted by molar-refractivity contribution is 5.97. The van der Waals surface area contributed by atoms with Crippen molar-refractivity contribution in [1.29, 1.82) is 0 Å². The zero-order valence-electron chi connectivity index (χ0n) is 16.7. The van der Waals surface area contributed by atoms with E-state index < -0.39 is 6.04 Å². The first-order valence-corrected chi connectivity index (χ1v) is 9.82. The van der Waals surface area contributed by atoms with Crippen molar-refractivity contribution in [2.75, 3.05) is 5.32 Å². The first-order chi connectivity index (χ1) is 12.3. The van der Waals surface area contributed by atoms with Crippen LogP contribution in [0.4, 0.5) is 5.82 Å². The van der Waals surface area contributed by atoms with Crippen molar-refractivity contribution in [1.82, 2.24) is 10.3 Å². The number of nitrogens with one attached hydrogen (secondary N) is 2. The molecule has 2 N–H and O–H groups in total. The summed E-state index contributed by atoms with van der Waals surface area (Å²) in [5.41, 5.74) is 0.842. The van der Waals surface area contributed by atoms with Gasteiger partial charge in [0.2, 0.25) is 11.8 Å². The van der Waals surface area contributed by atoms with Gasteiger partial charge in [0.05, 0.1) is 0 Å². The number of aromatic nitrogens is 1. The number of hydrogen-bond acceptors (Lipinski definition) is 3. The molecule has 2 amide bonds. The number of nitrogens with zero attached hydrogens (tertiary/aromatic N) is 1. The smallest absolute Gasteiger partial charge is 0.248 e. The normalized spacial score (nSPS) is 21.5. The van der Waals surface area contributed by atoms with Gasteiger partial charge in [0.25, 0.3) is 0 Å². The van der Waals surface area contributed by atoms with E-state index in [9.17, 15) is 9.59 Å². The summed E-state index contributed by atoms with van der Waals surface area (Å²) in [6.45, 7) is 10.3. The third kappa shape index (κ3) is 5.55. The molecule has 1 aromatic heterocycles. The van der Waals surface area contributed by atoms with E-state index in [4.69, 9.17) is 0 Å². The molecule has 1 aliphatic rings. The van der Waals surface area contributed by atoms with Crippen molar-refractivity contribution in [3.63, 3.8) is 0 Å². The van der Waals surface area contributed by atoms with Gasteiger partial charge in [-0.1, -0.05) is 33.8 Å². The fraction of sp³-hybridized carbons (Fsp3) is 0.667. The van der Waals surface area contributed by atoms with Gasteiger partial charge in [-0.05, 0) is 62.5 Å². The molecule has 144 valence electrons. The van der Waals surface area contributed by atoms with Crippen molar-refractivity contribution < 1.29 is 9.59 Å². The highest BCUT2D eigenvalue weighted by atomic mass is 16.2. The van der Waals surface area contributed by atoms with E-state index in [1.807, 2.05) is 32.9 Å². The predicted molar refractivity (Wildman–Crippen MR) is 105 cm³/mol. The minimum atomic E-state index is -0.548. The number of amides is 2. The van der Waals surface area contributed by atoms with Gasteiger partial charge in [0, 0.05) is 11.6 Å². The first-order valence-electron chi connectivity index (χ1n) is 9.82. The van der Waals surface area contributed by atoms with Gasteiger partial charge >= 0.3 is 0 Å². The van der Waals surface area contributed by atoms with Crippen LogP contribution in [0, 0.1) is 30.6 Å². The monoisotopic (exact) mass is 359 g/mol. The fourth-order valence-corrected chi connectivity index (χ4v) is 3.67. The van der Waals surface area contributed by atoms with Crippen LogP contribution in [0.5, 0.6) is 0 Å². The summed E-state index contributed by atoms with van der Waals surface area (Å²) in [5, 5.41) is 5.82. The summed E-state index contributed by atoms with van der Waals surface area (Å²) < 4.78 is 0. The molecule has 1 heterocycles. The van der Waals surface area contributed by atoms with Gasteiger partial charge in [-0.2, -0.15) is 0 Å². The number of rotatable bonds is 6. The molecule has 1 aliphatic carbocycles. The zero-order valence-corrected chi connectivity index (χ0v) is 16.7. The van der Waals surface area contributed by atoms with Crippen LogP contribution in [-0.2, 0) is 9.59 Å². The van der Waals surface area contributed by atoms with Gasteiger partial charge < -0.3 is 10.6 Å². The van der Waals surface area contributed by atoms with Gasteiger partial charge in [-0.3, -0.25) is 9.59 Å². The van der Waals surface area contributed by atoms with E-state index in [2.05, 4.69) is 29.5 Å². The number of carbonyl (C=O) groups is 2. The Morgan fingerprint density at radius 1 is 1.08 bits per heavy atom. The van der Waals surface area contributed by atoms with Crippen LogP contribution in [0.25, 0.3) is 0 Å². The van der Waals surface area contributed by atoms with E-state index >= 15 is 0 Å². The molecule has 5 nitrogen and oxygen atoms in total. The van der Waals surface area contributed by atoms with E-state index in [0.717, 1.165) is 37.3 Å². The standard InChI is InChI=1S/C21H33N3O2/c1-13(2)16-9-11-17(12-10-16)20(25)24-19(14(3)4)21(26)23-18-8-6-7-15(5)22-18/h6-8,13-14,16-17,19H,9-12H2,1-5H3,(H,24,25)(H,22,23,26)/t16?,17?,19-/m1/s1. The summed E-state index contributed by atoms with van der Waals surface area (Å²) in [6, 6.07) is 4.95. The lowest BCUT2D eigenvalue weighted by atomic mass is 9.76. The molecular formula is C21H33N3O2. The Morgan fingerprint density at radius 3 is 2.27 bits per heavy atom. The summed E-state index contributed by atoms with van der Waals surface area (Å²) in [6.07, 6.45) is 4.03. The highest BCUT2D eigenvalue weighted by Gasteiger charge is 2.31. The molecule has 0 aliphatic heterocycles. The Labute approximate surface area is 157 Å². The summed E-state index contributed by atoms with van der Waals surface area (Å²) in [7, 11) is 0. The van der Waals surface area contributed by atoms with Crippen LogP contribution < -0.4 is 10.6 Å². The Bertz CT molecular complexity index is 619. The maximum atomic E-state index is 12.7. The second-order valence-corrected chi connectivity index (χ2v) is 8.24. The quantitative estimate of drug-likeness (QED) is 0.808. The van der Waals surface area contributed by atoms with Crippen molar-refractivity contribution in [3.05, 3.63) is 23.9 Å². The van der Waals surface area contributed by atoms with Gasteiger partial charge in [-0.25, -0.2) is 4.98 Å². The van der Waals surface area contributed by atoms with Crippen LogP contribution in [0.15, 0.2) is 18.2 Å². The Morgan fingerprint density at radius 2 is 1.73 bits per heavy atom. The van der Waals surface area contributed by atoms with Crippen LogP contribution >= 0.6 is 0 Å². The Kier molecular flexibility index (Phi) is 7.18. The first kappa shape index (κ1) is 20.4. The maximum absolute atomic E-state index is 12.7. The van der Waals surface area contributed by atoms with Crippen LogP contribution in [0.1, 0.15) is 59.1 Å². The number of aryl methyl sites for hydroxylation is 1. The van der Waals surface area contributed by atoms with Crippen molar-refractivity contribution in [3.8, 4) is 0 Å². The molecule has 5 heteroatoms. The van der Waals surface area contributed by atoms with E-state index in [1.165, 1.54) is 0 Å². The lowest BCUT2D eigenvalue weighted by Gasteiger charge is -2.31. The fourth-order valence-electron chi connectivity index (χ4n) is 3.67. The highest BCUT2D eigenvalue weighted by Crippen LogP contribution is 2.33. The van der Waals surface area contributed by atoms with Gasteiger partial charge in [0.15, 0.2) is 0 Å². The van der Waals surface area contributed by atoms with Crippen LogP contribution in [0.2, 0.25) is 0 Å². The average Bonchev–Trinajstić information content (AvgIpc) is 2.59. The molecule has 2 rings (SSSR count). The zero-order chi connectivity index (χ0) is 19.3. The second-order valence-electron chi connectivity index (χ2n) is 8.24. The molecule has 0 unspecified atom stereocenters. The summed E-state index contributed by atoms with van der Waals surface area (Å²) in [5.74, 6) is 1.76. The summed E-state index contributed by atoms with van der Waals surface area (Å²) >= 11 is 0. The van der Waals surface area contributed by atoms with Crippen LogP contribution in [-0.4, -0.2) is 22.8 Å². The molecule has 1 atom stereocenters. The second kappa shape index (κ2) is 9.15. The molecule has 1 saturated carbocycles. The number of anilines is 1. The van der Waals surface area contributed by atoms with Crippen molar-refractivity contribution in [2.45, 2.75) is 66.3 Å². The lowest BCUT2D eigenvalue weighted by Crippen LogP contribution is -2.49. The SMILES string of the molecule is Cc1cccc(NC(=O)[C@H](NC(=O)C2CCC(C(C)C)CC2)C(C)C)n1. The number of hydrogen-bond donors (Lipinski definition) is 2. The van der Waals surface area contributed by atoms with E-state index in [1.54, 1.807) is 6.07 Å². The Balaban J connectivity index is 1.95. The third-order valence-electron chi connectivity index (χ3n) is 5.47. The molecule has 0 radical (unpaired) electrons. The topological polar surface area (TPSA) is 71.1 Å². The Hall–Kier alpha value is -1.91. The molecule has 1 aromatic rings. The number of carbonyl (C=O) groups excluding carboxylic acids is 2.